The molecule has 0 saturated heterocycles. The van der Waals surface area contributed by atoms with Crippen molar-refractivity contribution in [2.75, 3.05) is 11.5 Å². The van der Waals surface area contributed by atoms with Gasteiger partial charge in [0.1, 0.15) is 0 Å². The smallest absolute Gasteiger partial charge is 0.258 e. The van der Waals surface area contributed by atoms with Crippen LogP contribution in [0.2, 0.25) is 0 Å². The largest absolute Gasteiger partial charge is 0.284 e. The molecule has 6 nitrogen and oxygen atoms in total. The predicted octanol–water partition coefficient (Wildman–Crippen LogP) is 2.13. The Morgan fingerprint density at radius 1 is 1.50 bits per heavy atom. The summed E-state index contributed by atoms with van der Waals surface area (Å²) in [6.45, 7) is 0. The second-order valence-electron chi connectivity index (χ2n) is 3.14. The van der Waals surface area contributed by atoms with Crippen molar-refractivity contribution in [3.63, 3.8) is 0 Å². The van der Waals surface area contributed by atoms with Gasteiger partial charge in [0.05, 0.1) is 27.2 Å². The molecule has 0 aliphatic rings. The fourth-order valence-corrected chi connectivity index (χ4v) is 3.46. The van der Waals surface area contributed by atoms with Crippen LogP contribution in [0.3, 0.4) is 0 Å². The highest BCUT2D eigenvalue weighted by molar-refractivity contribution is 8.14. The maximum atomic E-state index is 10.8. The van der Waals surface area contributed by atoms with E-state index in [-0.39, 0.29) is 22.8 Å². The van der Waals surface area contributed by atoms with Crippen molar-refractivity contribution in [2.45, 2.75) is 4.90 Å². The molecule has 96 valence electrons. The van der Waals surface area contributed by atoms with Crippen LogP contribution in [0.1, 0.15) is 5.56 Å². The molecule has 0 radical (unpaired) electrons. The molecule has 0 saturated carbocycles. The quantitative estimate of drug-likeness (QED) is 0.357. The molecule has 0 unspecified atom stereocenters. The fraction of sp³-hybridized carbons (Fsp3) is 0.222. The van der Waals surface area contributed by atoms with E-state index in [2.05, 4.69) is 0 Å². The van der Waals surface area contributed by atoms with E-state index in [1.807, 2.05) is 0 Å². The highest BCUT2D eigenvalue weighted by Crippen LogP contribution is 2.30. The summed E-state index contributed by atoms with van der Waals surface area (Å²) in [6, 6.07) is 5.80. The SMILES string of the molecule is N#Cc1ccc(SCCS(=O)(=O)Cl)c([N+](=O)[O-])c1. The third-order valence-electron chi connectivity index (χ3n) is 1.87. The van der Waals surface area contributed by atoms with Gasteiger partial charge in [-0.3, -0.25) is 10.1 Å². The van der Waals surface area contributed by atoms with E-state index in [0.717, 1.165) is 17.8 Å². The normalized spacial score (nSPS) is 10.9. The summed E-state index contributed by atoms with van der Waals surface area (Å²) in [7, 11) is 1.42. The van der Waals surface area contributed by atoms with Gasteiger partial charge >= 0.3 is 0 Å². The van der Waals surface area contributed by atoms with Crippen LogP contribution in [0.5, 0.6) is 0 Å². The van der Waals surface area contributed by atoms with Gasteiger partial charge in [0.15, 0.2) is 0 Å². The summed E-state index contributed by atoms with van der Waals surface area (Å²) in [5.74, 6) is -0.172. The highest BCUT2D eigenvalue weighted by Gasteiger charge is 2.16. The number of nitrogens with zero attached hydrogens (tertiary/aromatic N) is 2. The van der Waals surface area contributed by atoms with Crippen LogP contribution in [0, 0.1) is 21.4 Å². The minimum absolute atomic E-state index is 0.110. The Morgan fingerprint density at radius 3 is 2.67 bits per heavy atom. The van der Waals surface area contributed by atoms with Gasteiger partial charge in [-0.25, -0.2) is 8.42 Å². The van der Waals surface area contributed by atoms with Gasteiger partial charge in [0, 0.05) is 22.5 Å². The Labute approximate surface area is 112 Å². The molecule has 0 fully saturated rings. The first-order valence-corrected chi connectivity index (χ1v) is 8.03. The molecular weight excluding hydrogens is 300 g/mol. The molecule has 0 spiro atoms. The van der Waals surface area contributed by atoms with Crippen molar-refractivity contribution in [1.82, 2.24) is 0 Å². The molecule has 0 aliphatic heterocycles. The molecule has 9 heteroatoms. The summed E-state index contributed by atoms with van der Waals surface area (Å²) in [5, 5.41) is 19.4. The van der Waals surface area contributed by atoms with Crippen LogP contribution < -0.4 is 0 Å². The van der Waals surface area contributed by atoms with E-state index in [0.29, 0.717) is 4.90 Å². The van der Waals surface area contributed by atoms with Crippen molar-refractivity contribution >= 4 is 37.2 Å². The number of rotatable bonds is 5. The van der Waals surface area contributed by atoms with Crippen LogP contribution in [-0.2, 0) is 9.05 Å². The van der Waals surface area contributed by atoms with Crippen LogP contribution >= 0.6 is 22.4 Å². The molecule has 0 bridgehead atoms. The molecule has 18 heavy (non-hydrogen) atoms. The fourth-order valence-electron chi connectivity index (χ4n) is 1.10. The van der Waals surface area contributed by atoms with Crippen LogP contribution in [-0.4, -0.2) is 24.8 Å². The average molecular weight is 307 g/mol. The zero-order chi connectivity index (χ0) is 13.8. The summed E-state index contributed by atoms with van der Waals surface area (Å²) in [6.07, 6.45) is 0. The monoisotopic (exact) mass is 306 g/mol. The van der Waals surface area contributed by atoms with Crippen molar-refractivity contribution in [2.24, 2.45) is 0 Å². The molecular formula is C9H7ClN2O4S2. The van der Waals surface area contributed by atoms with Crippen LogP contribution in [0.4, 0.5) is 5.69 Å². The molecule has 0 aromatic heterocycles. The number of halogens is 1. The average Bonchev–Trinajstić information content (AvgIpc) is 2.27. The molecule has 0 heterocycles. The summed E-state index contributed by atoms with van der Waals surface area (Å²) in [4.78, 5) is 10.5. The molecule has 0 aliphatic carbocycles. The van der Waals surface area contributed by atoms with Gasteiger partial charge in [-0.1, -0.05) is 0 Å². The molecule has 0 atom stereocenters. The molecule has 1 rings (SSSR count). The summed E-state index contributed by atoms with van der Waals surface area (Å²) in [5.41, 5.74) is -0.0398. The Morgan fingerprint density at radius 2 is 2.17 bits per heavy atom. The van der Waals surface area contributed by atoms with Gasteiger partial charge in [0.25, 0.3) is 5.69 Å². The van der Waals surface area contributed by atoms with Crippen LogP contribution in [0.15, 0.2) is 23.1 Å². The summed E-state index contributed by atoms with van der Waals surface area (Å²) < 4.78 is 21.4. The zero-order valence-corrected chi connectivity index (χ0v) is 11.3. The van der Waals surface area contributed by atoms with Gasteiger partial charge < -0.3 is 0 Å². The molecule has 1 aromatic carbocycles. The first kappa shape index (κ1) is 14.8. The zero-order valence-electron chi connectivity index (χ0n) is 8.87. The van der Waals surface area contributed by atoms with E-state index >= 15 is 0 Å². The third-order valence-corrected chi connectivity index (χ3v) is 4.35. The molecule has 0 N–H and O–H groups in total. The van der Waals surface area contributed by atoms with Crippen molar-refractivity contribution in [3.05, 3.63) is 33.9 Å². The molecule has 0 amide bonds. The third kappa shape index (κ3) is 4.52. The van der Waals surface area contributed by atoms with E-state index < -0.39 is 14.0 Å². The van der Waals surface area contributed by atoms with E-state index in [4.69, 9.17) is 15.9 Å². The second-order valence-corrected chi connectivity index (χ2v) is 7.18. The maximum Gasteiger partial charge on any atom is 0.284 e. The number of benzene rings is 1. The second kappa shape index (κ2) is 6.04. The first-order valence-electron chi connectivity index (χ1n) is 4.57. The Bertz CT molecular complexity index is 609. The highest BCUT2D eigenvalue weighted by atomic mass is 35.7. The topological polar surface area (TPSA) is 101 Å². The Balaban J connectivity index is 2.89. The first-order chi connectivity index (χ1) is 8.33. The van der Waals surface area contributed by atoms with Crippen molar-refractivity contribution < 1.29 is 13.3 Å². The Kier molecular flexibility index (Phi) is 4.95. The van der Waals surface area contributed by atoms with Gasteiger partial charge in [0.2, 0.25) is 9.05 Å². The van der Waals surface area contributed by atoms with Crippen molar-refractivity contribution in [3.8, 4) is 6.07 Å². The lowest BCUT2D eigenvalue weighted by Gasteiger charge is -2.02. The number of nitro groups is 1. The standard InChI is InChI=1S/C9H7ClN2O4S2/c10-18(15,16)4-3-17-9-2-1-7(6-11)5-8(9)12(13)14/h1-2,5H,3-4H2. The molecule has 1 aromatic rings. The predicted molar refractivity (Wildman–Crippen MR) is 68.2 cm³/mol. The minimum atomic E-state index is -3.61. The number of hydrogen-bond acceptors (Lipinski definition) is 6. The van der Waals surface area contributed by atoms with E-state index in [1.165, 1.54) is 12.1 Å². The summed E-state index contributed by atoms with van der Waals surface area (Å²) >= 11 is 1.01. The lowest BCUT2D eigenvalue weighted by molar-refractivity contribution is -0.387. The van der Waals surface area contributed by atoms with Gasteiger partial charge in [-0.05, 0) is 12.1 Å². The minimum Gasteiger partial charge on any atom is -0.258 e. The van der Waals surface area contributed by atoms with Crippen molar-refractivity contribution in [1.29, 1.82) is 5.26 Å². The Hall–Kier alpha value is -1.30. The number of hydrogen-bond donors (Lipinski definition) is 0. The number of nitriles is 1. The maximum absolute atomic E-state index is 10.8. The lowest BCUT2D eigenvalue weighted by atomic mass is 10.2. The number of thioether (sulfide) groups is 1. The van der Waals surface area contributed by atoms with Gasteiger partial charge in [-0.15, -0.1) is 11.8 Å². The van der Waals surface area contributed by atoms with E-state index in [1.54, 1.807) is 6.07 Å². The van der Waals surface area contributed by atoms with Gasteiger partial charge in [-0.2, -0.15) is 5.26 Å². The lowest BCUT2D eigenvalue weighted by Crippen LogP contribution is -2.00. The number of nitro benzene ring substituents is 1. The van der Waals surface area contributed by atoms with Crippen LogP contribution in [0.25, 0.3) is 0 Å². The van der Waals surface area contributed by atoms with E-state index in [9.17, 15) is 18.5 Å².